The topological polar surface area (TPSA) is 52.0 Å². The molecule has 18 heavy (non-hydrogen) atoms. The van der Waals surface area contributed by atoms with Gasteiger partial charge in [-0.15, -0.1) is 0 Å². The first-order valence-corrected chi connectivity index (χ1v) is 5.56. The number of nitrogens with zero attached hydrogens (tertiary/aromatic N) is 1. The highest BCUT2D eigenvalue weighted by atomic mass is 19.1. The lowest BCUT2D eigenvalue weighted by Gasteiger charge is -1.99. The highest BCUT2D eigenvalue weighted by Crippen LogP contribution is 2.27. The lowest BCUT2D eigenvalue weighted by molar-refractivity contribution is 0.593. The molecule has 0 atom stereocenters. The Balaban J connectivity index is 2.22. The van der Waals surface area contributed by atoms with E-state index in [9.17, 15) is 4.39 Å². The number of hydrogen-bond donors (Lipinski definition) is 1. The van der Waals surface area contributed by atoms with Gasteiger partial charge in [-0.05, 0) is 31.2 Å². The number of aromatic nitrogens is 1. The van der Waals surface area contributed by atoms with Gasteiger partial charge < -0.3 is 10.2 Å². The van der Waals surface area contributed by atoms with Crippen molar-refractivity contribution in [2.75, 3.05) is 5.73 Å². The van der Waals surface area contributed by atoms with E-state index in [4.69, 9.17) is 10.2 Å². The first-order chi connectivity index (χ1) is 8.63. The van der Waals surface area contributed by atoms with Crippen LogP contribution in [0.3, 0.4) is 0 Å². The molecule has 0 aliphatic rings. The van der Waals surface area contributed by atoms with Crippen molar-refractivity contribution in [3.8, 4) is 11.5 Å². The van der Waals surface area contributed by atoms with Crippen molar-refractivity contribution in [3.05, 3.63) is 47.8 Å². The highest BCUT2D eigenvalue weighted by Gasteiger charge is 2.12. The number of halogens is 1. The van der Waals surface area contributed by atoms with Crippen LogP contribution in [0.2, 0.25) is 0 Å². The summed E-state index contributed by atoms with van der Waals surface area (Å²) in [4.78, 5) is 4.26. The Morgan fingerprint density at radius 1 is 1.17 bits per heavy atom. The molecule has 0 spiro atoms. The molecule has 0 saturated heterocycles. The molecule has 0 radical (unpaired) electrons. The van der Waals surface area contributed by atoms with Gasteiger partial charge >= 0.3 is 0 Å². The standard InChI is InChI=1S/C14H11FN2O/c1-8-2-4-11(15)10(6-8)14-17-12-5-3-9(16)7-13(12)18-14/h2-7H,16H2,1H3. The number of hydrogen-bond acceptors (Lipinski definition) is 3. The lowest BCUT2D eigenvalue weighted by atomic mass is 10.1. The number of nitrogen functional groups attached to an aromatic ring is 1. The summed E-state index contributed by atoms with van der Waals surface area (Å²) in [6.07, 6.45) is 0. The van der Waals surface area contributed by atoms with Crippen LogP contribution < -0.4 is 5.73 Å². The summed E-state index contributed by atoms with van der Waals surface area (Å²) >= 11 is 0. The van der Waals surface area contributed by atoms with E-state index in [0.717, 1.165) is 5.56 Å². The van der Waals surface area contributed by atoms with E-state index < -0.39 is 0 Å². The lowest BCUT2D eigenvalue weighted by Crippen LogP contribution is -1.85. The van der Waals surface area contributed by atoms with Gasteiger partial charge in [0.15, 0.2) is 5.58 Å². The molecule has 0 amide bonds. The number of fused-ring (bicyclic) bond motifs is 1. The van der Waals surface area contributed by atoms with Gasteiger partial charge in [-0.3, -0.25) is 0 Å². The number of rotatable bonds is 1. The molecule has 1 heterocycles. The summed E-state index contributed by atoms with van der Waals surface area (Å²) in [7, 11) is 0. The average Bonchev–Trinajstić information content (AvgIpc) is 2.74. The van der Waals surface area contributed by atoms with Gasteiger partial charge in [-0.1, -0.05) is 11.6 Å². The summed E-state index contributed by atoms with van der Waals surface area (Å²) in [5.74, 6) is -0.0723. The molecule has 0 unspecified atom stereocenters. The Kier molecular flexibility index (Phi) is 2.30. The maximum atomic E-state index is 13.7. The van der Waals surface area contributed by atoms with E-state index in [1.807, 2.05) is 6.92 Å². The van der Waals surface area contributed by atoms with Crippen molar-refractivity contribution in [3.63, 3.8) is 0 Å². The third-order valence-electron chi connectivity index (χ3n) is 2.76. The fourth-order valence-corrected chi connectivity index (χ4v) is 1.86. The van der Waals surface area contributed by atoms with Gasteiger partial charge in [-0.25, -0.2) is 9.37 Å². The predicted molar refractivity (Wildman–Crippen MR) is 68.6 cm³/mol. The second-order valence-electron chi connectivity index (χ2n) is 4.23. The Bertz CT molecular complexity index is 734. The molecule has 3 nitrogen and oxygen atoms in total. The highest BCUT2D eigenvalue weighted by molar-refractivity contribution is 5.79. The predicted octanol–water partition coefficient (Wildman–Crippen LogP) is 3.52. The summed E-state index contributed by atoms with van der Waals surface area (Å²) in [5.41, 5.74) is 8.80. The van der Waals surface area contributed by atoms with Crippen molar-refractivity contribution < 1.29 is 8.81 Å². The maximum Gasteiger partial charge on any atom is 0.230 e. The third kappa shape index (κ3) is 1.72. The van der Waals surface area contributed by atoms with E-state index in [-0.39, 0.29) is 11.7 Å². The quantitative estimate of drug-likeness (QED) is 0.664. The number of benzene rings is 2. The summed E-state index contributed by atoms with van der Waals surface area (Å²) in [6, 6.07) is 10.0. The first-order valence-electron chi connectivity index (χ1n) is 5.56. The van der Waals surface area contributed by atoms with Crippen molar-refractivity contribution in [2.24, 2.45) is 0 Å². The van der Waals surface area contributed by atoms with Crippen LogP contribution in [0.25, 0.3) is 22.6 Å². The Hall–Kier alpha value is -2.36. The average molecular weight is 242 g/mol. The molecule has 0 aliphatic carbocycles. The fourth-order valence-electron chi connectivity index (χ4n) is 1.86. The van der Waals surface area contributed by atoms with Crippen LogP contribution in [0, 0.1) is 12.7 Å². The van der Waals surface area contributed by atoms with Crippen LogP contribution in [-0.4, -0.2) is 4.98 Å². The van der Waals surface area contributed by atoms with Gasteiger partial charge in [0.1, 0.15) is 11.3 Å². The van der Waals surface area contributed by atoms with Gasteiger partial charge in [-0.2, -0.15) is 0 Å². The molecule has 3 aromatic rings. The smallest absolute Gasteiger partial charge is 0.230 e. The van der Waals surface area contributed by atoms with Gasteiger partial charge in [0.05, 0.1) is 5.56 Å². The molecule has 4 heteroatoms. The maximum absolute atomic E-state index is 13.7. The second-order valence-corrected chi connectivity index (χ2v) is 4.23. The van der Waals surface area contributed by atoms with Gasteiger partial charge in [0, 0.05) is 11.8 Å². The van der Waals surface area contributed by atoms with E-state index in [0.29, 0.717) is 22.4 Å². The number of anilines is 1. The zero-order chi connectivity index (χ0) is 12.7. The van der Waals surface area contributed by atoms with E-state index >= 15 is 0 Å². The molecule has 0 bridgehead atoms. The molecule has 1 aromatic heterocycles. The normalized spacial score (nSPS) is 11.0. The second kappa shape index (κ2) is 3.84. The molecule has 90 valence electrons. The molecular formula is C14H11FN2O. The molecule has 2 aromatic carbocycles. The molecule has 0 aliphatic heterocycles. The number of aryl methyl sites for hydroxylation is 1. The Morgan fingerprint density at radius 2 is 2.00 bits per heavy atom. The van der Waals surface area contributed by atoms with E-state index in [1.165, 1.54) is 6.07 Å². The summed E-state index contributed by atoms with van der Waals surface area (Å²) in [6.45, 7) is 1.89. The number of nitrogens with two attached hydrogens (primary N) is 1. The minimum atomic E-state index is -0.347. The van der Waals surface area contributed by atoms with Crippen molar-refractivity contribution >= 4 is 16.8 Å². The molecule has 0 saturated carbocycles. The Morgan fingerprint density at radius 3 is 2.83 bits per heavy atom. The molecular weight excluding hydrogens is 231 g/mol. The van der Waals surface area contributed by atoms with E-state index in [2.05, 4.69) is 4.98 Å². The Labute approximate surface area is 103 Å². The zero-order valence-corrected chi connectivity index (χ0v) is 9.77. The van der Waals surface area contributed by atoms with Gasteiger partial charge in [0.2, 0.25) is 5.89 Å². The van der Waals surface area contributed by atoms with Crippen molar-refractivity contribution in [1.29, 1.82) is 0 Å². The SMILES string of the molecule is Cc1ccc(F)c(-c2nc3ccc(N)cc3o2)c1. The van der Waals surface area contributed by atoms with Crippen LogP contribution >= 0.6 is 0 Å². The van der Waals surface area contributed by atoms with Crippen LogP contribution in [-0.2, 0) is 0 Å². The summed E-state index contributed by atoms with van der Waals surface area (Å²) < 4.78 is 19.3. The van der Waals surface area contributed by atoms with Crippen LogP contribution in [0.4, 0.5) is 10.1 Å². The van der Waals surface area contributed by atoms with Crippen LogP contribution in [0.1, 0.15) is 5.56 Å². The largest absolute Gasteiger partial charge is 0.436 e. The molecule has 2 N–H and O–H groups in total. The minimum absolute atomic E-state index is 0.275. The fraction of sp³-hybridized carbons (Fsp3) is 0.0714. The monoisotopic (exact) mass is 242 g/mol. The first kappa shape index (κ1) is 10.8. The van der Waals surface area contributed by atoms with Crippen molar-refractivity contribution in [1.82, 2.24) is 4.98 Å². The van der Waals surface area contributed by atoms with Crippen molar-refractivity contribution in [2.45, 2.75) is 6.92 Å². The molecule has 3 rings (SSSR count). The van der Waals surface area contributed by atoms with Gasteiger partial charge in [0.25, 0.3) is 0 Å². The summed E-state index contributed by atoms with van der Waals surface area (Å²) in [5, 5.41) is 0. The van der Waals surface area contributed by atoms with E-state index in [1.54, 1.807) is 30.3 Å². The zero-order valence-electron chi connectivity index (χ0n) is 9.77. The minimum Gasteiger partial charge on any atom is -0.436 e. The molecule has 0 fully saturated rings. The van der Waals surface area contributed by atoms with Crippen LogP contribution in [0.5, 0.6) is 0 Å². The number of oxazole rings is 1. The van der Waals surface area contributed by atoms with Crippen LogP contribution in [0.15, 0.2) is 40.8 Å². The third-order valence-corrected chi connectivity index (χ3v) is 2.76.